The van der Waals surface area contributed by atoms with Crippen LogP contribution in [-0.4, -0.2) is 31.1 Å². The minimum absolute atomic E-state index is 0.150. The van der Waals surface area contributed by atoms with Crippen molar-refractivity contribution in [1.29, 1.82) is 0 Å². The van der Waals surface area contributed by atoms with Crippen LogP contribution in [0.15, 0.2) is 10.9 Å². The van der Waals surface area contributed by atoms with Gasteiger partial charge in [-0.1, -0.05) is 18.5 Å². The third-order valence-corrected chi connectivity index (χ3v) is 5.05. The van der Waals surface area contributed by atoms with Crippen LogP contribution in [0, 0.1) is 0 Å². The molecule has 124 valence electrons. The van der Waals surface area contributed by atoms with Crippen LogP contribution in [0.1, 0.15) is 74.7 Å². The number of hydrogen-bond acceptors (Lipinski definition) is 5. The molecule has 1 fully saturated rings. The van der Waals surface area contributed by atoms with E-state index in [0.717, 1.165) is 50.5 Å². The lowest BCUT2D eigenvalue weighted by Gasteiger charge is -2.30. The van der Waals surface area contributed by atoms with Gasteiger partial charge in [-0.25, -0.2) is 4.98 Å². The number of imidazole rings is 1. The third-order valence-electron chi connectivity index (χ3n) is 5.05. The second-order valence-corrected chi connectivity index (χ2v) is 6.83. The first-order valence-corrected chi connectivity index (χ1v) is 8.87. The molecule has 0 aromatic carbocycles. The zero-order chi connectivity index (χ0) is 15.8. The Morgan fingerprint density at radius 3 is 3.04 bits per heavy atom. The van der Waals surface area contributed by atoms with E-state index in [-0.39, 0.29) is 6.04 Å². The van der Waals surface area contributed by atoms with Crippen molar-refractivity contribution < 1.29 is 4.52 Å². The molecule has 0 unspecified atom stereocenters. The lowest BCUT2D eigenvalue weighted by Crippen LogP contribution is -2.33. The van der Waals surface area contributed by atoms with Crippen molar-refractivity contribution in [3.63, 3.8) is 0 Å². The number of aromatic nitrogens is 4. The topological polar surface area (TPSA) is 60.0 Å². The molecule has 1 atom stereocenters. The fourth-order valence-electron chi connectivity index (χ4n) is 3.38. The van der Waals surface area contributed by atoms with E-state index in [4.69, 9.17) is 4.52 Å². The Kier molecular flexibility index (Phi) is 3.93. The Balaban J connectivity index is 1.44. The fourth-order valence-corrected chi connectivity index (χ4v) is 3.38. The Morgan fingerprint density at radius 1 is 1.39 bits per heavy atom. The summed E-state index contributed by atoms with van der Waals surface area (Å²) in [6.45, 7) is 6.23. The molecule has 4 rings (SSSR count). The minimum Gasteiger partial charge on any atom is -0.338 e. The fraction of sp³-hybridized carbons (Fsp3) is 0.706. The van der Waals surface area contributed by atoms with E-state index in [2.05, 4.69) is 38.4 Å². The van der Waals surface area contributed by atoms with Gasteiger partial charge in [0, 0.05) is 37.7 Å². The van der Waals surface area contributed by atoms with Crippen molar-refractivity contribution in [3.05, 3.63) is 29.4 Å². The molecule has 0 radical (unpaired) electrons. The Hall–Kier alpha value is -1.69. The van der Waals surface area contributed by atoms with Gasteiger partial charge in [0.15, 0.2) is 5.82 Å². The summed E-state index contributed by atoms with van der Waals surface area (Å²) in [5, 5.41) is 4.12. The average Bonchev–Trinajstić information content (AvgIpc) is 3.16. The second-order valence-electron chi connectivity index (χ2n) is 6.83. The molecule has 2 aliphatic rings. The monoisotopic (exact) mass is 315 g/mol. The first-order valence-electron chi connectivity index (χ1n) is 8.87. The van der Waals surface area contributed by atoms with Crippen molar-refractivity contribution in [3.8, 4) is 0 Å². The number of hydrogen-bond donors (Lipinski definition) is 0. The zero-order valence-corrected chi connectivity index (χ0v) is 14.0. The van der Waals surface area contributed by atoms with Crippen LogP contribution in [0.2, 0.25) is 0 Å². The lowest BCUT2D eigenvalue weighted by atomic mass is 10.1. The molecule has 3 heterocycles. The summed E-state index contributed by atoms with van der Waals surface area (Å²) < 4.78 is 7.89. The summed E-state index contributed by atoms with van der Waals surface area (Å²) >= 11 is 0. The van der Waals surface area contributed by atoms with E-state index in [1.54, 1.807) is 0 Å². The zero-order valence-electron chi connectivity index (χ0n) is 14.0. The molecular weight excluding hydrogens is 290 g/mol. The van der Waals surface area contributed by atoms with Crippen molar-refractivity contribution in [2.24, 2.45) is 0 Å². The SMILES string of the molecule is CCCCc1noc([C@@H](C)N2CCc3c(ncn3C3CC3)C2)n1. The average molecular weight is 315 g/mol. The van der Waals surface area contributed by atoms with E-state index in [9.17, 15) is 0 Å². The summed E-state index contributed by atoms with van der Waals surface area (Å²) in [5.74, 6) is 1.57. The molecular formula is C17H25N5O. The molecule has 6 heteroatoms. The molecule has 2 aromatic heterocycles. The molecule has 0 saturated heterocycles. The summed E-state index contributed by atoms with van der Waals surface area (Å²) in [6, 6.07) is 0.865. The highest BCUT2D eigenvalue weighted by molar-refractivity contribution is 5.19. The maximum Gasteiger partial charge on any atom is 0.243 e. The molecule has 0 bridgehead atoms. The van der Waals surface area contributed by atoms with E-state index in [0.29, 0.717) is 6.04 Å². The number of nitrogens with zero attached hydrogens (tertiary/aromatic N) is 5. The molecule has 23 heavy (non-hydrogen) atoms. The van der Waals surface area contributed by atoms with Gasteiger partial charge in [-0.15, -0.1) is 0 Å². The highest BCUT2D eigenvalue weighted by Gasteiger charge is 2.32. The van der Waals surface area contributed by atoms with Gasteiger partial charge in [0.25, 0.3) is 0 Å². The van der Waals surface area contributed by atoms with Crippen LogP contribution in [0.4, 0.5) is 0 Å². The number of aryl methyl sites for hydroxylation is 1. The first-order chi connectivity index (χ1) is 11.3. The van der Waals surface area contributed by atoms with Crippen molar-refractivity contribution in [2.45, 2.75) is 71.0 Å². The molecule has 6 nitrogen and oxygen atoms in total. The molecule has 2 aromatic rings. The molecule has 0 amide bonds. The quantitative estimate of drug-likeness (QED) is 0.820. The highest BCUT2D eigenvalue weighted by atomic mass is 16.5. The lowest BCUT2D eigenvalue weighted by molar-refractivity contribution is 0.154. The molecule has 1 saturated carbocycles. The number of fused-ring (bicyclic) bond motifs is 1. The molecule has 0 spiro atoms. The smallest absolute Gasteiger partial charge is 0.243 e. The van der Waals surface area contributed by atoms with Crippen molar-refractivity contribution in [2.75, 3.05) is 6.54 Å². The number of unbranched alkanes of at least 4 members (excludes halogenated alkanes) is 1. The van der Waals surface area contributed by atoms with Gasteiger partial charge in [0.1, 0.15) is 0 Å². The Labute approximate surface area is 136 Å². The molecule has 1 aliphatic carbocycles. The normalized spacial score (nSPS) is 19.7. The van der Waals surface area contributed by atoms with E-state index >= 15 is 0 Å². The number of rotatable bonds is 6. The van der Waals surface area contributed by atoms with Gasteiger partial charge in [0.05, 0.1) is 18.1 Å². The van der Waals surface area contributed by atoms with Gasteiger partial charge < -0.3 is 9.09 Å². The predicted molar refractivity (Wildman–Crippen MR) is 85.9 cm³/mol. The van der Waals surface area contributed by atoms with E-state index in [1.165, 1.54) is 24.2 Å². The minimum atomic E-state index is 0.150. The maximum absolute atomic E-state index is 5.49. The highest BCUT2D eigenvalue weighted by Crippen LogP contribution is 2.38. The van der Waals surface area contributed by atoms with Crippen LogP contribution >= 0.6 is 0 Å². The Morgan fingerprint density at radius 2 is 2.26 bits per heavy atom. The van der Waals surface area contributed by atoms with Gasteiger partial charge in [0.2, 0.25) is 5.89 Å². The summed E-state index contributed by atoms with van der Waals surface area (Å²) in [4.78, 5) is 11.6. The van der Waals surface area contributed by atoms with Gasteiger partial charge >= 0.3 is 0 Å². The van der Waals surface area contributed by atoms with Crippen LogP contribution in [-0.2, 0) is 19.4 Å². The van der Waals surface area contributed by atoms with Gasteiger partial charge in [-0.3, -0.25) is 4.90 Å². The van der Waals surface area contributed by atoms with Crippen molar-refractivity contribution >= 4 is 0 Å². The van der Waals surface area contributed by atoms with Crippen molar-refractivity contribution in [1.82, 2.24) is 24.6 Å². The maximum atomic E-state index is 5.49. The summed E-state index contributed by atoms with van der Waals surface area (Å²) in [7, 11) is 0. The summed E-state index contributed by atoms with van der Waals surface area (Å²) in [6.07, 6.45) is 8.88. The van der Waals surface area contributed by atoms with E-state index < -0.39 is 0 Å². The largest absolute Gasteiger partial charge is 0.338 e. The standard InChI is InChI=1S/C17H25N5O/c1-3-4-5-16-19-17(23-20-16)12(2)21-9-8-15-14(10-21)18-11-22(15)13-6-7-13/h11-13H,3-10H2,1-2H3/t12-/m1/s1. The Bertz CT molecular complexity index is 672. The predicted octanol–water partition coefficient (Wildman–Crippen LogP) is 3.06. The van der Waals surface area contributed by atoms with Crippen LogP contribution in [0.25, 0.3) is 0 Å². The van der Waals surface area contributed by atoms with Crippen LogP contribution in [0.5, 0.6) is 0 Å². The van der Waals surface area contributed by atoms with Crippen LogP contribution in [0.3, 0.4) is 0 Å². The second kappa shape index (κ2) is 6.07. The third kappa shape index (κ3) is 2.92. The van der Waals surface area contributed by atoms with Gasteiger partial charge in [-0.05, 0) is 26.2 Å². The molecule has 1 aliphatic heterocycles. The van der Waals surface area contributed by atoms with E-state index in [1.807, 2.05) is 6.33 Å². The van der Waals surface area contributed by atoms with Gasteiger partial charge in [-0.2, -0.15) is 4.98 Å². The summed E-state index contributed by atoms with van der Waals surface area (Å²) in [5.41, 5.74) is 2.66. The molecule has 0 N–H and O–H groups in total. The van der Waals surface area contributed by atoms with Crippen LogP contribution < -0.4 is 0 Å². The first kappa shape index (κ1) is 14.9.